The predicted molar refractivity (Wildman–Crippen MR) is 89.4 cm³/mol. The van der Waals surface area contributed by atoms with Crippen LogP contribution in [0.3, 0.4) is 0 Å². The topological polar surface area (TPSA) is 29.1 Å². The number of thioether (sulfide) groups is 1. The molecule has 1 N–H and O–H groups in total. The van der Waals surface area contributed by atoms with Crippen LogP contribution in [0.2, 0.25) is 0 Å². The Balaban J connectivity index is 1.96. The molecule has 0 atom stereocenters. The van der Waals surface area contributed by atoms with Crippen molar-refractivity contribution in [3.05, 3.63) is 58.6 Å². The number of nitrogens with one attached hydrogen (secondary N) is 1. The van der Waals surface area contributed by atoms with Crippen LogP contribution in [-0.2, 0) is 11.2 Å². The van der Waals surface area contributed by atoms with Crippen molar-refractivity contribution in [1.82, 2.24) is 0 Å². The number of hydrogen-bond donors (Lipinski definition) is 1. The first kappa shape index (κ1) is 17.0. The summed E-state index contributed by atoms with van der Waals surface area (Å²) in [4.78, 5) is 12.4. The smallest absolute Gasteiger partial charge is 0.288 e. The van der Waals surface area contributed by atoms with Crippen LogP contribution in [0.4, 0.5) is 14.5 Å². The van der Waals surface area contributed by atoms with Crippen molar-refractivity contribution in [2.45, 2.75) is 23.5 Å². The maximum Gasteiger partial charge on any atom is 0.288 e. The average molecular weight is 386 g/mol. The molecule has 22 heavy (non-hydrogen) atoms. The van der Waals surface area contributed by atoms with E-state index in [0.717, 1.165) is 10.0 Å². The molecule has 6 heteroatoms. The molecule has 0 fully saturated rings. The van der Waals surface area contributed by atoms with E-state index in [9.17, 15) is 13.6 Å². The van der Waals surface area contributed by atoms with Gasteiger partial charge < -0.3 is 5.32 Å². The number of rotatable bonds is 6. The number of benzene rings is 2. The van der Waals surface area contributed by atoms with Crippen molar-refractivity contribution in [3.63, 3.8) is 0 Å². The molecule has 0 aliphatic rings. The third-order valence-electron chi connectivity index (χ3n) is 2.96. The Morgan fingerprint density at radius 2 is 1.82 bits per heavy atom. The highest BCUT2D eigenvalue weighted by molar-refractivity contribution is 9.10. The van der Waals surface area contributed by atoms with Crippen molar-refractivity contribution in [1.29, 1.82) is 0 Å². The first-order valence-electron chi connectivity index (χ1n) is 6.63. The lowest BCUT2D eigenvalue weighted by molar-refractivity contribution is -0.116. The molecule has 0 radical (unpaired) electrons. The van der Waals surface area contributed by atoms with Crippen LogP contribution in [0, 0.1) is 0 Å². The molecule has 2 aromatic carbocycles. The Morgan fingerprint density at radius 3 is 2.55 bits per heavy atom. The van der Waals surface area contributed by atoms with E-state index in [0.29, 0.717) is 28.8 Å². The van der Waals surface area contributed by atoms with Gasteiger partial charge in [-0.05, 0) is 30.2 Å². The molecule has 0 heterocycles. The number of aryl methyl sites for hydroxylation is 1. The minimum Gasteiger partial charge on any atom is -0.325 e. The SMILES string of the molecule is O=C(CCc1ccccc1Br)Nc1ccccc1SC(F)F. The van der Waals surface area contributed by atoms with Crippen LogP contribution in [0.5, 0.6) is 0 Å². The zero-order valence-electron chi connectivity index (χ0n) is 11.6. The Hall–Kier alpha value is -1.40. The summed E-state index contributed by atoms with van der Waals surface area (Å²) in [5.74, 6) is -2.71. The largest absolute Gasteiger partial charge is 0.325 e. The number of amides is 1. The van der Waals surface area contributed by atoms with Gasteiger partial charge in [0.15, 0.2) is 0 Å². The fraction of sp³-hybridized carbons (Fsp3) is 0.188. The monoisotopic (exact) mass is 385 g/mol. The van der Waals surface area contributed by atoms with Crippen LogP contribution < -0.4 is 5.32 Å². The maximum atomic E-state index is 12.5. The van der Waals surface area contributed by atoms with Crippen molar-refractivity contribution in [3.8, 4) is 0 Å². The number of carbonyl (C=O) groups is 1. The molecule has 0 unspecified atom stereocenters. The van der Waals surface area contributed by atoms with Gasteiger partial charge in [-0.25, -0.2) is 0 Å². The van der Waals surface area contributed by atoms with Gasteiger partial charge in [0.2, 0.25) is 5.91 Å². The Morgan fingerprint density at radius 1 is 1.14 bits per heavy atom. The van der Waals surface area contributed by atoms with Crippen LogP contribution >= 0.6 is 27.7 Å². The molecule has 2 nitrogen and oxygen atoms in total. The van der Waals surface area contributed by atoms with Gasteiger partial charge in [0, 0.05) is 15.8 Å². The van der Waals surface area contributed by atoms with Gasteiger partial charge in [-0.15, -0.1) is 0 Å². The van der Waals surface area contributed by atoms with Crippen LogP contribution in [0.1, 0.15) is 12.0 Å². The molecule has 0 saturated carbocycles. The number of hydrogen-bond acceptors (Lipinski definition) is 2. The second-order valence-electron chi connectivity index (χ2n) is 4.51. The Kier molecular flexibility index (Phi) is 6.39. The number of halogens is 3. The predicted octanol–water partition coefficient (Wildman–Crippen LogP) is 5.34. The van der Waals surface area contributed by atoms with E-state index in [2.05, 4.69) is 21.2 Å². The van der Waals surface area contributed by atoms with Gasteiger partial charge in [0.25, 0.3) is 5.76 Å². The van der Waals surface area contributed by atoms with E-state index in [1.54, 1.807) is 24.3 Å². The maximum absolute atomic E-state index is 12.5. The van der Waals surface area contributed by atoms with Gasteiger partial charge in [-0.1, -0.05) is 58.0 Å². The Labute approximate surface area is 140 Å². The summed E-state index contributed by atoms with van der Waals surface area (Å²) in [5, 5.41) is 2.70. The summed E-state index contributed by atoms with van der Waals surface area (Å²) in [6.07, 6.45) is 0.869. The minimum atomic E-state index is -2.52. The highest BCUT2D eigenvalue weighted by Gasteiger charge is 2.12. The lowest BCUT2D eigenvalue weighted by Gasteiger charge is -2.10. The zero-order valence-corrected chi connectivity index (χ0v) is 14.0. The number of alkyl halides is 2. The van der Waals surface area contributed by atoms with Gasteiger partial charge in [0.1, 0.15) is 0 Å². The van der Waals surface area contributed by atoms with Crippen molar-refractivity contribution < 1.29 is 13.6 Å². The van der Waals surface area contributed by atoms with Crippen molar-refractivity contribution in [2.75, 3.05) is 5.32 Å². The third-order valence-corrected chi connectivity index (χ3v) is 4.52. The molecule has 116 valence electrons. The number of anilines is 1. The highest BCUT2D eigenvalue weighted by Crippen LogP contribution is 2.31. The van der Waals surface area contributed by atoms with Gasteiger partial charge in [-0.3, -0.25) is 4.79 Å². The molecule has 0 aliphatic heterocycles. The lowest BCUT2D eigenvalue weighted by Crippen LogP contribution is -2.13. The van der Waals surface area contributed by atoms with Gasteiger partial charge >= 0.3 is 0 Å². The second kappa shape index (κ2) is 8.29. The fourth-order valence-corrected chi connectivity index (χ4v) is 3.01. The Bertz CT molecular complexity index is 652. The van der Waals surface area contributed by atoms with Crippen LogP contribution in [0.15, 0.2) is 57.9 Å². The van der Waals surface area contributed by atoms with E-state index in [4.69, 9.17) is 0 Å². The molecule has 0 aliphatic carbocycles. The molecular weight excluding hydrogens is 372 g/mol. The first-order valence-corrected chi connectivity index (χ1v) is 8.30. The molecule has 0 saturated heterocycles. The number of para-hydroxylation sites is 1. The summed E-state index contributed by atoms with van der Waals surface area (Å²) in [6, 6.07) is 14.2. The summed E-state index contributed by atoms with van der Waals surface area (Å²) >= 11 is 3.86. The summed E-state index contributed by atoms with van der Waals surface area (Å²) in [5.41, 5.74) is 1.46. The molecule has 2 aromatic rings. The zero-order chi connectivity index (χ0) is 15.9. The quantitative estimate of drug-likeness (QED) is 0.680. The summed E-state index contributed by atoms with van der Waals surface area (Å²) < 4.78 is 25.9. The average Bonchev–Trinajstić information content (AvgIpc) is 2.48. The highest BCUT2D eigenvalue weighted by atomic mass is 79.9. The molecule has 0 bridgehead atoms. The molecule has 2 rings (SSSR count). The van der Waals surface area contributed by atoms with Gasteiger partial charge in [-0.2, -0.15) is 8.78 Å². The van der Waals surface area contributed by atoms with E-state index >= 15 is 0 Å². The van der Waals surface area contributed by atoms with Crippen LogP contribution in [0.25, 0.3) is 0 Å². The van der Waals surface area contributed by atoms with E-state index in [1.807, 2.05) is 24.3 Å². The lowest BCUT2D eigenvalue weighted by atomic mass is 10.1. The first-order chi connectivity index (χ1) is 10.6. The molecule has 1 amide bonds. The minimum absolute atomic E-state index is 0.196. The molecule has 0 spiro atoms. The fourth-order valence-electron chi connectivity index (χ4n) is 1.93. The standard InChI is InChI=1S/C16H14BrF2NOS/c17-12-6-2-1-5-11(12)9-10-15(21)20-13-7-3-4-8-14(13)22-16(18)19/h1-8,16H,9-10H2,(H,20,21). The van der Waals surface area contributed by atoms with Gasteiger partial charge in [0.05, 0.1) is 5.69 Å². The molecular formula is C16H14BrF2NOS. The van der Waals surface area contributed by atoms with E-state index in [-0.39, 0.29) is 12.3 Å². The number of carbonyl (C=O) groups excluding carboxylic acids is 1. The molecule has 0 aromatic heterocycles. The van der Waals surface area contributed by atoms with E-state index in [1.165, 1.54) is 0 Å². The summed E-state index contributed by atoms with van der Waals surface area (Å²) in [7, 11) is 0. The third kappa shape index (κ3) is 5.10. The second-order valence-corrected chi connectivity index (χ2v) is 6.40. The normalized spacial score (nSPS) is 10.7. The van der Waals surface area contributed by atoms with Crippen molar-refractivity contribution in [2.24, 2.45) is 0 Å². The summed E-state index contributed by atoms with van der Waals surface area (Å²) in [6.45, 7) is 0. The van der Waals surface area contributed by atoms with Crippen molar-refractivity contribution >= 4 is 39.3 Å². The van der Waals surface area contributed by atoms with Crippen LogP contribution in [-0.4, -0.2) is 11.7 Å². The van der Waals surface area contributed by atoms with E-state index < -0.39 is 5.76 Å².